The number of carboxylic acid groups (broad SMARTS) is 1. The van der Waals surface area contributed by atoms with E-state index in [0.29, 0.717) is 18.5 Å². The maximum atomic E-state index is 11.5. The summed E-state index contributed by atoms with van der Waals surface area (Å²) in [6.07, 6.45) is 5.52. The van der Waals surface area contributed by atoms with Gasteiger partial charge in [0.1, 0.15) is 11.8 Å². The van der Waals surface area contributed by atoms with E-state index in [2.05, 4.69) is 10.1 Å². The highest BCUT2D eigenvalue weighted by molar-refractivity contribution is 5.74. The smallest absolute Gasteiger partial charge is 0.320 e. The van der Waals surface area contributed by atoms with Crippen molar-refractivity contribution in [2.75, 3.05) is 0 Å². The van der Waals surface area contributed by atoms with Gasteiger partial charge in [0.15, 0.2) is 0 Å². The van der Waals surface area contributed by atoms with Crippen molar-refractivity contribution in [3.05, 3.63) is 17.5 Å². The van der Waals surface area contributed by atoms with E-state index >= 15 is 0 Å². The fourth-order valence-corrected chi connectivity index (χ4v) is 3.70. The monoisotopic (exact) mass is 264 g/mol. The fourth-order valence-electron chi connectivity index (χ4n) is 3.70. The fraction of sp³-hybridized carbons (Fsp3) is 0.714. The summed E-state index contributed by atoms with van der Waals surface area (Å²) in [5.41, 5.74) is 0.843. The summed E-state index contributed by atoms with van der Waals surface area (Å²) in [4.78, 5) is 13.6. The lowest BCUT2D eigenvalue weighted by molar-refractivity contribution is -0.142. The molecule has 3 atom stereocenters. The van der Waals surface area contributed by atoms with Gasteiger partial charge in [-0.05, 0) is 32.1 Å². The second-order valence-corrected chi connectivity index (χ2v) is 5.80. The molecule has 1 saturated carbocycles. The van der Waals surface area contributed by atoms with Crippen LogP contribution < -0.4 is 0 Å². The Labute approximate surface area is 112 Å². The zero-order valence-corrected chi connectivity index (χ0v) is 11.2. The minimum atomic E-state index is -0.699. The molecule has 0 amide bonds. The maximum absolute atomic E-state index is 11.5. The predicted octanol–water partition coefficient (Wildman–Crippen LogP) is 2.20. The number of rotatable bonds is 3. The van der Waals surface area contributed by atoms with Crippen LogP contribution in [0.1, 0.15) is 43.6 Å². The third kappa shape index (κ3) is 2.39. The highest BCUT2D eigenvalue weighted by Crippen LogP contribution is 2.40. The van der Waals surface area contributed by atoms with Gasteiger partial charge in [-0.15, -0.1) is 0 Å². The summed E-state index contributed by atoms with van der Waals surface area (Å²) >= 11 is 0. The first-order valence-corrected chi connectivity index (χ1v) is 7.06. The molecule has 0 spiro atoms. The molecule has 1 aliphatic carbocycles. The van der Waals surface area contributed by atoms with Crippen molar-refractivity contribution in [1.82, 2.24) is 10.1 Å². The lowest BCUT2D eigenvalue weighted by Crippen LogP contribution is -2.41. The zero-order valence-electron chi connectivity index (χ0n) is 11.2. The van der Waals surface area contributed by atoms with Gasteiger partial charge in [0, 0.05) is 18.7 Å². The van der Waals surface area contributed by atoms with Gasteiger partial charge in [-0.2, -0.15) is 0 Å². The second-order valence-electron chi connectivity index (χ2n) is 5.80. The molecule has 0 aromatic carbocycles. The molecular weight excluding hydrogens is 244 g/mol. The molecule has 5 nitrogen and oxygen atoms in total. The molecule has 0 bridgehead atoms. The molecule has 1 saturated heterocycles. The van der Waals surface area contributed by atoms with Gasteiger partial charge >= 0.3 is 5.97 Å². The molecule has 0 unspecified atom stereocenters. The van der Waals surface area contributed by atoms with Gasteiger partial charge in [0.05, 0.1) is 5.69 Å². The zero-order chi connectivity index (χ0) is 13.4. The molecule has 1 aromatic heterocycles. The largest absolute Gasteiger partial charge is 0.480 e. The first-order chi connectivity index (χ1) is 9.15. The minimum absolute atomic E-state index is 0.356. The number of carboxylic acids is 1. The van der Waals surface area contributed by atoms with Crippen molar-refractivity contribution >= 4 is 5.97 Å². The molecule has 19 heavy (non-hydrogen) atoms. The minimum Gasteiger partial charge on any atom is -0.480 e. The molecule has 104 valence electrons. The van der Waals surface area contributed by atoms with Gasteiger partial charge in [-0.1, -0.05) is 18.0 Å². The SMILES string of the molecule is Cc1cc(CN2[C@@H]3CCCC[C@H]3C[C@H]2C(=O)O)no1. The number of hydrogen-bond acceptors (Lipinski definition) is 4. The molecule has 5 heteroatoms. The number of nitrogens with zero attached hydrogens (tertiary/aromatic N) is 2. The van der Waals surface area contributed by atoms with Crippen molar-refractivity contribution in [2.45, 2.75) is 57.7 Å². The van der Waals surface area contributed by atoms with Crippen LogP contribution in [0.5, 0.6) is 0 Å². The van der Waals surface area contributed by atoms with Crippen LogP contribution in [0.15, 0.2) is 10.6 Å². The number of aromatic nitrogens is 1. The van der Waals surface area contributed by atoms with E-state index in [1.807, 2.05) is 13.0 Å². The van der Waals surface area contributed by atoms with Crippen LogP contribution in [0, 0.1) is 12.8 Å². The molecule has 1 N–H and O–H groups in total. The van der Waals surface area contributed by atoms with E-state index in [4.69, 9.17) is 4.52 Å². The van der Waals surface area contributed by atoms with Crippen molar-refractivity contribution in [2.24, 2.45) is 5.92 Å². The van der Waals surface area contributed by atoms with Crippen LogP contribution >= 0.6 is 0 Å². The Morgan fingerprint density at radius 2 is 2.32 bits per heavy atom. The van der Waals surface area contributed by atoms with Crippen LogP contribution in [0.25, 0.3) is 0 Å². The van der Waals surface area contributed by atoms with Crippen LogP contribution in [-0.4, -0.2) is 33.2 Å². The van der Waals surface area contributed by atoms with E-state index < -0.39 is 5.97 Å². The van der Waals surface area contributed by atoms with Crippen LogP contribution in [0.2, 0.25) is 0 Å². The summed E-state index contributed by atoms with van der Waals surface area (Å²) in [6.45, 7) is 2.45. The van der Waals surface area contributed by atoms with E-state index in [-0.39, 0.29) is 6.04 Å². The third-order valence-corrected chi connectivity index (χ3v) is 4.53. The Balaban J connectivity index is 1.80. The number of likely N-dealkylation sites (tertiary alicyclic amines) is 1. The van der Waals surface area contributed by atoms with E-state index in [1.54, 1.807) is 0 Å². The summed E-state index contributed by atoms with van der Waals surface area (Å²) in [7, 11) is 0. The molecule has 1 aliphatic heterocycles. The lowest BCUT2D eigenvalue weighted by atomic mass is 9.85. The number of fused-ring (bicyclic) bond motifs is 1. The topological polar surface area (TPSA) is 66.6 Å². The summed E-state index contributed by atoms with van der Waals surface area (Å²) in [6, 6.07) is 1.95. The Bertz CT molecular complexity index is 471. The summed E-state index contributed by atoms with van der Waals surface area (Å²) < 4.78 is 5.08. The number of aliphatic carboxylic acids is 1. The molecule has 0 radical (unpaired) electrons. The molecular formula is C14H20N2O3. The Morgan fingerprint density at radius 3 is 3.00 bits per heavy atom. The Kier molecular flexibility index (Phi) is 3.31. The second kappa shape index (κ2) is 4.96. The first-order valence-electron chi connectivity index (χ1n) is 7.06. The highest BCUT2D eigenvalue weighted by Gasteiger charge is 2.45. The van der Waals surface area contributed by atoms with E-state index in [1.165, 1.54) is 19.3 Å². The number of carbonyl (C=O) groups is 1. The van der Waals surface area contributed by atoms with Gasteiger partial charge in [-0.25, -0.2) is 0 Å². The normalized spacial score (nSPS) is 31.3. The van der Waals surface area contributed by atoms with Gasteiger partial charge in [0.25, 0.3) is 0 Å². The van der Waals surface area contributed by atoms with Gasteiger partial charge < -0.3 is 9.63 Å². The third-order valence-electron chi connectivity index (χ3n) is 4.53. The average Bonchev–Trinajstić information content (AvgIpc) is 2.95. The Morgan fingerprint density at radius 1 is 1.53 bits per heavy atom. The average molecular weight is 264 g/mol. The summed E-state index contributed by atoms with van der Waals surface area (Å²) in [5.74, 6) is 0.624. The van der Waals surface area contributed by atoms with Crippen LogP contribution in [0.4, 0.5) is 0 Å². The van der Waals surface area contributed by atoms with Crippen LogP contribution in [0.3, 0.4) is 0 Å². The van der Waals surface area contributed by atoms with Crippen molar-refractivity contribution < 1.29 is 14.4 Å². The number of hydrogen-bond donors (Lipinski definition) is 1. The van der Waals surface area contributed by atoms with Crippen molar-refractivity contribution in [1.29, 1.82) is 0 Å². The predicted molar refractivity (Wildman–Crippen MR) is 68.6 cm³/mol. The Hall–Kier alpha value is -1.36. The van der Waals surface area contributed by atoms with E-state index in [9.17, 15) is 9.90 Å². The van der Waals surface area contributed by atoms with E-state index in [0.717, 1.165) is 24.3 Å². The van der Waals surface area contributed by atoms with Crippen LogP contribution in [-0.2, 0) is 11.3 Å². The molecule has 3 rings (SSSR count). The molecule has 2 aliphatic rings. The molecule has 2 fully saturated rings. The molecule has 2 heterocycles. The standard InChI is InChI=1S/C14H20N2O3/c1-9-6-11(15-19-9)8-16-12-5-3-2-4-10(12)7-13(16)14(17)18/h6,10,12-13H,2-5,7-8H2,1H3,(H,17,18)/t10-,12+,13-/m0/s1. The summed E-state index contributed by atoms with van der Waals surface area (Å²) in [5, 5.41) is 13.4. The lowest BCUT2D eigenvalue weighted by Gasteiger charge is -2.32. The highest BCUT2D eigenvalue weighted by atomic mass is 16.5. The molecule has 1 aromatic rings. The van der Waals surface area contributed by atoms with Gasteiger partial charge in [0.2, 0.25) is 0 Å². The van der Waals surface area contributed by atoms with Crippen molar-refractivity contribution in [3.63, 3.8) is 0 Å². The first kappa shape index (κ1) is 12.7. The van der Waals surface area contributed by atoms with Gasteiger partial charge in [-0.3, -0.25) is 9.69 Å². The quantitative estimate of drug-likeness (QED) is 0.906. The maximum Gasteiger partial charge on any atom is 0.320 e. The van der Waals surface area contributed by atoms with Crippen molar-refractivity contribution in [3.8, 4) is 0 Å². The number of aryl methyl sites for hydroxylation is 1.